The van der Waals surface area contributed by atoms with Crippen LogP contribution in [0.1, 0.15) is 18.4 Å². The van der Waals surface area contributed by atoms with Crippen molar-refractivity contribution in [1.82, 2.24) is 4.98 Å². The monoisotopic (exact) mass is 403 g/mol. The van der Waals surface area contributed by atoms with E-state index in [0.717, 1.165) is 40.3 Å². The van der Waals surface area contributed by atoms with Gasteiger partial charge in [-0.25, -0.2) is 9.37 Å². The number of benzene rings is 2. The summed E-state index contributed by atoms with van der Waals surface area (Å²) in [4.78, 5) is 19.4. The van der Waals surface area contributed by atoms with Crippen LogP contribution in [-0.4, -0.2) is 24.0 Å². The number of piperidine rings is 1. The fraction of sp³-hybridized carbons (Fsp3) is 0.300. The fourth-order valence-electron chi connectivity index (χ4n) is 3.30. The molecule has 1 fully saturated rings. The van der Waals surface area contributed by atoms with E-state index in [0.29, 0.717) is 17.3 Å². The van der Waals surface area contributed by atoms with Gasteiger partial charge in [0.1, 0.15) is 5.82 Å². The average molecular weight is 404 g/mol. The van der Waals surface area contributed by atoms with Crippen LogP contribution in [-0.2, 0) is 4.79 Å². The van der Waals surface area contributed by atoms with Gasteiger partial charge >= 0.3 is 0 Å². The molecular weight excluding hydrogens is 385 g/mol. The zero-order chi connectivity index (χ0) is 19.0. The topological polar surface area (TPSA) is 45.2 Å². The van der Waals surface area contributed by atoms with Crippen molar-refractivity contribution in [3.05, 3.63) is 52.8 Å². The first-order valence-electron chi connectivity index (χ1n) is 8.87. The molecule has 1 saturated heterocycles. The van der Waals surface area contributed by atoms with Gasteiger partial charge in [0.2, 0.25) is 5.91 Å². The van der Waals surface area contributed by atoms with Gasteiger partial charge in [0.15, 0.2) is 5.13 Å². The predicted molar refractivity (Wildman–Crippen MR) is 109 cm³/mol. The summed E-state index contributed by atoms with van der Waals surface area (Å²) in [6, 6.07) is 10.2. The Morgan fingerprint density at radius 1 is 1.33 bits per heavy atom. The Morgan fingerprint density at radius 3 is 3.00 bits per heavy atom. The van der Waals surface area contributed by atoms with Gasteiger partial charge in [0.05, 0.1) is 16.1 Å². The Morgan fingerprint density at radius 2 is 2.19 bits per heavy atom. The molecule has 1 N–H and O–H groups in total. The lowest BCUT2D eigenvalue weighted by Gasteiger charge is -2.31. The molecule has 1 aromatic heterocycles. The molecule has 1 atom stereocenters. The molecule has 0 saturated carbocycles. The number of aryl methyl sites for hydroxylation is 1. The number of nitrogens with one attached hydrogen (secondary N) is 1. The van der Waals surface area contributed by atoms with Crippen molar-refractivity contribution in [2.75, 3.05) is 23.3 Å². The van der Waals surface area contributed by atoms with Crippen molar-refractivity contribution >= 4 is 49.9 Å². The average Bonchev–Trinajstić information content (AvgIpc) is 3.08. The van der Waals surface area contributed by atoms with E-state index in [1.165, 1.54) is 23.5 Å². The lowest BCUT2D eigenvalue weighted by atomic mass is 9.97. The van der Waals surface area contributed by atoms with Gasteiger partial charge < -0.3 is 10.2 Å². The highest BCUT2D eigenvalue weighted by Gasteiger charge is 2.27. The fourth-order valence-corrected chi connectivity index (χ4v) is 4.51. The Hall–Kier alpha value is -2.18. The van der Waals surface area contributed by atoms with E-state index in [1.807, 2.05) is 19.1 Å². The van der Waals surface area contributed by atoms with Gasteiger partial charge in [-0.2, -0.15) is 0 Å². The summed E-state index contributed by atoms with van der Waals surface area (Å²) in [5.74, 6) is -0.389. The maximum atomic E-state index is 13.4. The highest BCUT2D eigenvalue weighted by Crippen LogP contribution is 2.32. The van der Waals surface area contributed by atoms with Crippen LogP contribution >= 0.6 is 22.9 Å². The number of carbonyl (C=O) groups excluding carboxylic acids is 1. The van der Waals surface area contributed by atoms with Crippen LogP contribution in [0.3, 0.4) is 0 Å². The number of rotatable bonds is 3. The Kier molecular flexibility index (Phi) is 5.02. The minimum Gasteiger partial charge on any atom is -0.347 e. The predicted octanol–water partition coefficient (Wildman–Crippen LogP) is 5.25. The van der Waals surface area contributed by atoms with Crippen LogP contribution in [0, 0.1) is 18.7 Å². The SMILES string of the molecule is Cc1ccc(NC(=O)C2CCCN(c3nc4ccc(F)cc4s3)C2)cc1Cl. The summed E-state index contributed by atoms with van der Waals surface area (Å²) >= 11 is 7.61. The van der Waals surface area contributed by atoms with Crippen molar-refractivity contribution in [1.29, 1.82) is 0 Å². The summed E-state index contributed by atoms with van der Waals surface area (Å²) in [6.45, 7) is 3.38. The van der Waals surface area contributed by atoms with Crippen molar-refractivity contribution < 1.29 is 9.18 Å². The number of amides is 1. The lowest BCUT2D eigenvalue weighted by molar-refractivity contribution is -0.120. The van der Waals surface area contributed by atoms with Crippen molar-refractivity contribution in [3.63, 3.8) is 0 Å². The first-order valence-corrected chi connectivity index (χ1v) is 10.1. The Labute approximate surface area is 166 Å². The zero-order valence-electron chi connectivity index (χ0n) is 14.8. The standard InChI is InChI=1S/C20H19ClFN3OS/c1-12-4-6-15(10-16(12)21)23-19(26)13-3-2-8-25(11-13)20-24-17-7-5-14(22)9-18(17)27-20/h4-7,9-10,13H,2-3,8,11H2,1H3,(H,23,26). The highest BCUT2D eigenvalue weighted by molar-refractivity contribution is 7.22. The maximum absolute atomic E-state index is 13.4. The normalized spacial score (nSPS) is 17.3. The highest BCUT2D eigenvalue weighted by atomic mass is 35.5. The van der Waals surface area contributed by atoms with Crippen LogP contribution in [0.2, 0.25) is 5.02 Å². The smallest absolute Gasteiger partial charge is 0.229 e. The van der Waals surface area contributed by atoms with E-state index in [-0.39, 0.29) is 17.6 Å². The molecule has 1 aliphatic heterocycles. The largest absolute Gasteiger partial charge is 0.347 e. The number of fused-ring (bicyclic) bond motifs is 1. The third-order valence-electron chi connectivity index (χ3n) is 4.84. The summed E-state index contributed by atoms with van der Waals surface area (Å²) in [6.07, 6.45) is 1.75. The molecule has 140 valence electrons. The van der Waals surface area contributed by atoms with Gasteiger partial charge in [0.25, 0.3) is 0 Å². The molecule has 1 aliphatic rings. The molecule has 7 heteroatoms. The molecule has 0 aliphatic carbocycles. The Bertz CT molecular complexity index is 1010. The molecule has 1 amide bonds. The number of anilines is 2. The molecule has 0 bridgehead atoms. The Balaban J connectivity index is 1.48. The summed E-state index contributed by atoms with van der Waals surface area (Å²) in [5.41, 5.74) is 2.48. The maximum Gasteiger partial charge on any atom is 0.229 e. The molecule has 4 rings (SSSR count). The molecule has 0 spiro atoms. The van der Waals surface area contributed by atoms with E-state index < -0.39 is 0 Å². The molecule has 27 heavy (non-hydrogen) atoms. The minimum absolute atomic E-state index is 0.00762. The number of hydrogen-bond acceptors (Lipinski definition) is 4. The van der Waals surface area contributed by atoms with Crippen molar-refractivity contribution in [3.8, 4) is 0 Å². The van der Waals surface area contributed by atoms with E-state index >= 15 is 0 Å². The third-order valence-corrected chi connectivity index (χ3v) is 6.33. The van der Waals surface area contributed by atoms with Crippen molar-refractivity contribution in [2.24, 2.45) is 5.92 Å². The molecule has 3 aromatic rings. The van der Waals surface area contributed by atoms with E-state index in [9.17, 15) is 9.18 Å². The second-order valence-corrected chi connectivity index (χ2v) is 8.26. The third kappa shape index (κ3) is 3.92. The molecule has 2 aromatic carbocycles. The van der Waals surface area contributed by atoms with Crippen molar-refractivity contribution in [2.45, 2.75) is 19.8 Å². The minimum atomic E-state index is -0.259. The lowest BCUT2D eigenvalue weighted by Crippen LogP contribution is -2.40. The summed E-state index contributed by atoms with van der Waals surface area (Å²) < 4.78 is 14.2. The number of nitrogens with zero attached hydrogens (tertiary/aromatic N) is 2. The van der Waals surface area contributed by atoms with Crippen LogP contribution in [0.5, 0.6) is 0 Å². The van der Waals surface area contributed by atoms with E-state index in [1.54, 1.807) is 12.1 Å². The van der Waals surface area contributed by atoms with E-state index in [4.69, 9.17) is 11.6 Å². The van der Waals surface area contributed by atoms with Crippen LogP contribution in [0.4, 0.5) is 15.2 Å². The molecule has 1 unspecified atom stereocenters. The first-order chi connectivity index (χ1) is 13.0. The molecule has 0 radical (unpaired) electrons. The number of carbonyl (C=O) groups is 1. The quantitative estimate of drug-likeness (QED) is 0.649. The number of hydrogen-bond donors (Lipinski definition) is 1. The van der Waals surface area contributed by atoms with Gasteiger partial charge in [-0.15, -0.1) is 0 Å². The van der Waals surface area contributed by atoms with Gasteiger partial charge in [0, 0.05) is 23.8 Å². The number of halogens is 2. The summed E-state index contributed by atoms with van der Waals surface area (Å²) in [7, 11) is 0. The van der Waals surface area contributed by atoms with Gasteiger partial charge in [-0.3, -0.25) is 4.79 Å². The molecule has 2 heterocycles. The second kappa shape index (κ2) is 7.44. The summed E-state index contributed by atoms with van der Waals surface area (Å²) in [5, 5.41) is 4.45. The second-order valence-electron chi connectivity index (χ2n) is 6.85. The molecule has 4 nitrogen and oxygen atoms in total. The van der Waals surface area contributed by atoms with Gasteiger partial charge in [-0.05, 0) is 55.7 Å². The zero-order valence-corrected chi connectivity index (χ0v) is 16.4. The van der Waals surface area contributed by atoms with Gasteiger partial charge in [-0.1, -0.05) is 29.0 Å². The van der Waals surface area contributed by atoms with E-state index in [2.05, 4.69) is 15.2 Å². The van der Waals surface area contributed by atoms with Crippen LogP contribution < -0.4 is 10.2 Å². The first kappa shape index (κ1) is 18.2. The van der Waals surface area contributed by atoms with Crippen LogP contribution in [0.25, 0.3) is 10.2 Å². The molecular formula is C20H19ClFN3OS. The van der Waals surface area contributed by atoms with Crippen LogP contribution in [0.15, 0.2) is 36.4 Å². The number of thiazole rings is 1. The number of aromatic nitrogens is 1.